The summed E-state index contributed by atoms with van der Waals surface area (Å²) < 4.78 is 26.0. The molecular weight excluding hydrogens is 430 g/mol. The Morgan fingerprint density at radius 1 is 1.07 bits per heavy atom. The molecule has 158 valence electrons. The van der Waals surface area contributed by atoms with Crippen LogP contribution >= 0.6 is 11.6 Å². The van der Waals surface area contributed by atoms with E-state index >= 15 is 0 Å². The van der Waals surface area contributed by atoms with Crippen molar-refractivity contribution < 1.29 is 8.42 Å². The second-order valence-corrected chi connectivity index (χ2v) is 9.83. The maximum absolute atomic E-state index is 12.7. The second-order valence-electron chi connectivity index (χ2n) is 7.38. The topological polar surface area (TPSA) is 107 Å². The van der Waals surface area contributed by atoms with Gasteiger partial charge in [-0.05, 0) is 31.0 Å². The average molecular weight is 450 g/mol. The van der Waals surface area contributed by atoms with Crippen LogP contribution in [-0.4, -0.2) is 46.9 Å². The fourth-order valence-corrected chi connectivity index (χ4v) is 4.49. The number of fused-ring (bicyclic) bond motifs is 1. The van der Waals surface area contributed by atoms with Crippen LogP contribution in [0, 0.1) is 0 Å². The maximum atomic E-state index is 12.7. The van der Waals surface area contributed by atoms with Gasteiger partial charge in [-0.25, -0.2) is 18.4 Å². The van der Waals surface area contributed by atoms with Gasteiger partial charge in [0.1, 0.15) is 5.82 Å². The lowest BCUT2D eigenvalue weighted by Gasteiger charge is -2.34. The van der Waals surface area contributed by atoms with Crippen molar-refractivity contribution in [2.24, 2.45) is 7.05 Å². The number of aromatic nitrogens is 4. The Labute approximate surface area is 177 Å². The number of pyridine rings is 2. The predicted molar refractivity (Wildman–Crippen MR) is 114 cm³/mol. The third-order valence-electron chi connectivity index (χ3n) is 5.41. The Balaban J connectivity index is 1.63. The molecule has 0 atom stereocenters. The van der Waals surface area contributed by atoms with Crippen molar-refractivity contribution >= 4 is 38.4 Å². The Morgan fingerprint density at radius 3 is 2.37 bits per heavy atom. The molecular formula is C19H20ClN5O4S. The van der Waals surface area contributed by atoms with Gasteiger partial charge in [-0.3, -0.25) is 14.2 Å². The van der Waals surface area contributed by atoms with Crippen LogP contribution in [-0.2, 0) is 16.9 Å². The molecule has 1 fully saturated rings. The first-order valence-corrected chi connectivity index (χ1v) is 11.6. The Morgan fingerprint density at radius 2 is 1.77 bits per heavy atom. The van der Waals surface area contributed by atoms with Crippen molar-refractivity contribution in [1.29, 1.82) is 0 Å². The molecule has 30 heavy (non-hydrogen) atoms. The van der Waals surface area contributed by atoms with E-state index in [1.54, 1.807) is 12.1 Å². The van der Waals surface area contributed by atoms with Gasteiger partial charge in [-0.2, -0.15) is 0 Å². The molecule has 0 aromatic carbocycles. The lowest BCUT2D eigenvalue weighted by atomic mass is 10.0. The van der Waals surface area contributed by atoms with E-state index in [1.807, 2.05) is 4.90 Å². The number of halogens is 1. The highest BCUT2D eigenvalue weighted by Crippen LogP contribution is 2.27. The minimum absolute atomic E-state index is 0.170. The Hall–Kier alpha value is -2.72. The predicted octanol–water partition coefficient (Wildman–Crippen LogP) is 1.39. The van der Waals surface area contributed by atoms with Crippen molar-refractivity contribution in [3.05, 3.63) is 56.3 Å². The molecule has 0 unspecified atom stereocenters. The van der Waals surface area contributed by atoms with E-state index in [0.29, 0.717) is 47.9 Å². The van der Waals surface area contributed by atoms with E-state index in [0.717, 1.165) is 6.26 Å². The number of anilines is 1. The van der Waals surface area contributed by atoms with Crippen molar-refractivity contribution in [3.63, 3.8) is 0 Å². The Kier molecular flexibility index (Phi) is 5.15. The highest BCUT2D eigenvalue weighted by atomic mass is 35.5. The highest BCUT2D eigenvalue weighted by molar-refractivity contribution is 7.90. The van der Waals surface area contributed by atoms with Crippen molar-refractivity contribution in [2.75, 3.05) is 24.2 Å². The van der Waals surface area contributed by atoms with Gasteiger partial charge in [0.25, 0.3) is 0 Å². The number of rotatable bonds is 3. The van der Waals surface area contributed by atoms with Gasteiger partial charge in [0.05, 0.1) is 15.4 Å². The summed E-state index contributed by atoms with van der Waals surface area (Å²) in [4.78, 5) is 36.0. The van der Waals surface area contributed by atoms with E-state index < -0.39 is 21.0 Å². The third-order valence-corrected chi connectivity index (χ3v) is 6.72. The van der Waals surface area contributed by atoms with E-state index in [1.165, 1.54) is 34.6 Å². The van der Waals surface area contributed by atoms with E-state index in [9.17, 15) is 18.0 Å². The smallest absolute Gasteiger partial charge is 0.318 e. The highest BCUT2D eigenvalue weighted by Gasteiger charge is 2.26. The van der Waals surface area contributed by atoms with Gasteiger partial charge in [0, 0.05) is 44.8 Å². The summed E-state index contributed by atoms with van der Waals surface area (Å²) in [6, 6.07) is 4.66. The first-order chi connectivity index (χ1) is 14.2. The quantitative estimate of drug-likeness (QED) is 0.556. The van der Waals surface area contributed by atoms with Crippen LogP contribution < -0.4 is 16.0 Å². The lowest BCUT2D eigenvalue weighted by Crippen LogP contribution is -2.45. The van der Waals surface area contributed by atoms with Crippen LogP contribution in [0.15, 0.2) is 45.1 Å². The number of hydrogen-bond donors (Lipinski definition) is 0. The monoisotopic (exact) mass is 449 g/mol. The SMILES string of the molecule is Cn1c(=O)c(=O)n(C2CCN(c3ccc(S(C)(=O)=O)cn3)CC2)c2ncc(Cl)cc21. The van der Waals surface area contributed by atoms with Crippen LogP contribution in [0.2, 0.25) is 5.02 Å². The van der Waals surface area contributed by atoms with Gasteiger partial charge >= 0.3 is 11.1 Å². The van der Waals surface area contributed by atoms with Crippen LogP contribution in [0.3, 0.4) is 0 Å². The minimum atomic E-state index is -3.30. The summed E-state index contributed by atoms with van der Waals surface area (Å²) in [6.07, 6.45) is 5.18. The van der Waals surface area contributed by atoms with Crippen LogP contribution in [0.1, 0.15) is 18.9 Å². The summed E-state index contributed by atoms with van der Waals surface area (Å²) in [5.74, 6) is 0.673. The summed E-state index contributed by atoms with van der Waals surface area (Å²) in [6.45, 7) is 1.21. The molecule has 0 N–H and O–H groups in total. The third kappa shape index (κ3) is 3.61. The van der Waals surface area contributed by atoms with E-state index in [2.05, 4.69) is 9.97 Å². The molecule has 3 aromatic heterocycles. The Bertz CT molecular complexity index is 1340. The van der Waals surface area contributed by atoms with Gasteiger partial charge < -0.3 is 9.47 Å². The molecule has 0 bridgehead atoms. The molecule has 4 heterocycles. The van der Waals surface area contributed by atoms with Crippen LogP contribution in [0.5, 0.6) is 0 Å². The van der Waals surface area contributed by atoms with Crippen LogP contribution in [0.4, 0.5) is 5.82 Å². The number of hydrogen-bond acceptors (Lipinski definition) is 7. The van der Waals surface area contributed by atoms with Gasteiger partial charge in [0.2, 0.25) is 0 Å². The van der Waals surface area contributed by atoms with Gasteiger partial charge in [-0.15, -0.1) is 0 Å². The number of sulfone groups is 1. The molecule has 0 radical (unpaired) electrons. The molecule has 0 saturated carbocycles. The fourth-order valence-electron chi connectivity index (χ4n) is 3.78. The number of piperidine rings is 1. The molecule has 9 nitrogen and oxygen atoms in total. The number of nitrogens with zero attached hydrogens (tertiary/aromatic N) is 5. The first kappa shape index (κ1) is 20.5. The summed E-state index contributed by atoms with van der Waals surface area (Å²) in [5.41, 5.74) is -0.283. The van der Waals surface area contributed by atoms with Crippen molar-refractivity contribution in [3.8, 4) is 0 Å². The molecule has 0 amide bonds. The second kappa shape index (κ2) is 7.51. The zero-order valence-electron chi connectivity index (χ0n) is 16.4. The summed E-state index contributed by atoms with van der Waals surface area (Å²) in [5, 5.41) is 0.390. The van der Waals surface area contributed by atoms with Crippen LogP contribution in [0.25, 0.3) is 11.2 Å². The largest absolute Gasteiger partial charge is 0.356 e. The molecule has 11 heteroatoms. The zero-order valence-corrected chi connectivity index (χ0v) is 18.0. The van der Waals surface area contributed by atoms with Gasteiger partial charge in [0.15, 0.2) is 15.5 Å². The first-order valence-electron chi connectivity index (χ1n) is 9.34. The minimum Gasteiger partial charge on any atom is -0.356 e. The zero-order chi connectivity index (χ0) is 21.6. The summed E-state index contributed by atoms with van der Waals surface area (Å²) >= 11 is 6.03. The lowest BCUT2D eigenvalue weighted by molar-refractivity contribution is 0.391. The van der Waals surface area contributed by atoms with Crippen molar-refractivity contribution in [2.45, 2.75) is 23.8 Å². The summed E-state index contributed by atoms with van der Waals surface area (Å²) in [7, 11) is -1.77. The molecule has 1 aliphatic heterocycles. The maximum Gasteiger partial charge on any atom is 0.318 e. The average Bonchev–Trinajstić information content (AvgIpc) is 2.73. The fraction of sp³-hybridized carbons (Fsp3) is 0.368. The van der Waals surface area contributed by atoms with E-state index in [4.69, 9.17) is 11.6 Å². The molecule has 1 saturated heterocycles. The molecule has 0 aliphatic carbocycles. The molecule has 0 spiro atoms. The standard InChI is InChI=1S/C19H20ClN5O4S/c1-23-15-9-12(20)10-22-17(15)25(19(27)18(23)26)13-5-7-24(8-6-13)16-4-3-14(11-21-16)30(2,28)29/h3-4,9-11,13H,5-8H2,1-2H3. The van der Waals surface area contributed by atoms with Gasteiger partial charge in [-0.1, -0.05) is 11.6 Å². The van der Waals surface area contributed by atoms with Crippen molar-refractivity contribution in [1.82, 2.24) is 19.1 Å². The molecule has 1 aliphatic rings. The van der Waals surface area contributed by atoms with E-state index in [-0.39, 0.29) is 10.9 Å². The molecule has 4 rings (SSSR count). The number of aryl methyl sites for hydroxylation is 1. The normalized spacial score (nSPS) is 15.6. The molecule has 3 aromatic rings.